The molecule has 0 aromatic carbocycles. The van der Waals surface area contributed by atoms with Crippen LogP contribution in [0.2, 0.25) is 0 Å². The van der Waals surface area contributed by atoms with Crippen LogP contribution in [0.4, 0.5) is 0 Å². The second-order valence-corrected chi connectivity index (χ2v) is 5.88. The number of carbonyl (C=O) groups excluding carboxylic acids is 1. The number of nitrogens with zero attached hydrogens (tertiary/aromatic N) is 2. The highest BCUT2D eigenvalue weighted by atomic mass is 16.2. The van der Waals surface area contributed by atoms with Crippen LogP contribution in [-0.4, -0.2) is 42.9 Å². The first kappa shape index (κ1) is 14.2. The van der Waals surface area contributed by atoms with Gasteiger partial charge >= 0.3 is 0 Å². The molecule has 1 aliphatic carbocycles. The minimum absolute atomic E-state index is 0.171. The Bertz CT molecular complexity index is 338. The first-order chi connectivity index (χ1) is 9.15. The molecule has 0 bridgehead atoms. The van der Waals surface area contributed by atoms with Crippen molar-refractivity contribution < 1.29 is 4.79 Å². The lowest BCUT2D eigenvalue weighted by Gasteiger charge is -2.31. The van der Waals surface area contributed by atoms with Gasteiger partial charge in [-0.05, 0) is 37.5 Å². The van der Waals surface area contributed by atoms with Gasteiger partial charge in [-0.2, -0.15) is 0 Å². The predicted octanol–water partition coefficient (Wildman–Crippen LogP) is 0.949. The maximum atomic E-state index is 11.4. The summed E-state index contributed by atoms with van der Waals surface area (Å²) in [6, 6.07) is 0. The van der Waals surface area contributed by atoms with E-state index in [1.54, 1.807) is 6.92 Å². The summed E-state index contributed by atoms with van der Waals surface area (Å²) in [7, 11) is 0. The van der Waals surface area contributed by atoms with Gasteiger partial charge in [-0.1, -0.05) is 6.42 Å². The highest BCUT2D eigenvalue weighted by Gasteiger charge is 2.21. The van der Waals surface area contributed by atoms with Crippen LogP contribution < -0.4 is 11.1 Å². The standard InChI is InChI=1S/C14H26N4O/c1-11(19)18-7-3-6-13(10-18)9-17-14(15)16-8-12-4-2-5-12/h12-13H,2-10H2,1H3,(H3,15,16,17). The van der Waals surface area contributed by atoms with Crippen molar-refractivity contribution in [3.8, 4) is 0 Å². The Labute approximate surface area is 115 Å². The largest absolute Gasteiger partial charge is 0.370 e. The molecule has 5 heteroatoms. The van der Waals surface area contributed by atoms with Crippen molar-refractivity contribution in [2.24, 2.45) is 22.6 Å². The van der Waals surface area contributed by atoms with Gasteiger partial charge in [0.2, 0.25) is 5.91 Å². The van der Waals surface area contributed by atoms with Crippen molar-refractivity contribution in [3.63, 3.8) is 0 Å². The van der Waals surface area contributed by atoms with Gasteiger partial charge in [-0.15, -0.1) is 0 Å². The van der Waals surface area contributed by atoms with Crippen molar-refractivity contribution >= 4 is 11.9 Å². The van der Waals surface area contributed by atoms with Crippen molar-refractivity contribution in [1.82, 2.24) is 10.2 Å². The number of likely N-dealkylation sites (tertiary alicyclic amines) is 1. The number of hydrogen-bond acceptors (Lipinski definition) is 2. The third-order valence-corrected chi connectivity index (χ3v) is 4.28. The number of amides is 1. The maximum Gasteiger partial charge on any atom is 0.219 e. The van der Waals surface area contributed by atoms with Crippen LogP contribution in [0, 0.1) is 11.8 Å². The second kappa shape index (κ2) is 6.78. The summed E-state index contributed by atoms with van der Waals surface area (Å²) in [5, 5.41) is 3.21. The van der Waals surface area contributed by atoms with E-state index < -0.39 is 0 Å². The van der Waals surface area contributed by atoms with Gasteiger partial charge < -0.3 is 16.0 Å². The summed E-state index contributed by atoms with van der Waals surface area (Å²) in [5.41, 5.74) is 5.87. The Morgan fingerprint density at radius 3 is 2.68 bits per heavy atom. The Hall–Kier alpha value is -1.26. The molecule has 0 aromatic heterocycles. The lowest BCUT2D eigenvalue weighted by atomic mass is 9.85. The second-order valence-electron chi connectivity index (χ2n) is 5.88. The van der Waals surface area contributed by atoms with Gasteiger partial charge in [-0.3, -0.25) is 9.79 Å². The number of piperidine rings is 1. The molecular formula is C14H26N4O. The van der Waals surface area contributed by atoms with Crippen LogP contribution in [-0.2, 0) is 4.79 Å². The molecule has 0 spiro atoms. The third-order valence-electron chi connectivity index (χ3n) is 4.28. The van der Waals surface area contributed by atoms with Gasteiger partial charge in [0.05, 0.1) is 0 Å². The molecule has 0 aromatic rings. The zero-order valence-corrected chi connectivity index (χ0v) is 11.9. The van der Waals surface area contributed by atoms with Crippen molar-refractivity contribution in [2.75, 3.05) is 26.2 Å². The van der Waals surface area contributed by atoms with Gasteiger partial charge in [-0.25, -0.2) is 0 Å². The molecule has 108 valence electrons. The highest BCUT2D eigenvalue weighted by molar-refractivity contribution is 5.77. The van der Waals surface area contributed by atoms with Crippen LogP contribution >= 0.6 is 0 Å². The van der Waals surface area contributed by atoms with Crippen LogP contribution in [0.1, 0.15) is 39.0 Å². The Morgan fingerprint density at radius 2 is 2.05 bits per heavy atom. The molecule has 0 radical (unpaired) electrons. The first-order valence-corrected chi connectivity index (χ1v) is 7.44. The molecule has 1 amide bonds. The number of aliphatic imine (C=N–C) groups is 1. The average molecular weight is 266 g/mol. The molecule has 19 heavy (non-hydrogen) atoms. The number of rotatable bonds is 4. The molecule has 5 nitrogen and oxygen atoms in total. The SMILES string of the molecule is CC(=O)N1CCCC(CN=C(N)NCC2CCC2)C1. The van der Waals surface area contributed by atoms with Crippen molar-refractivity contribution in [2.45, 2.75) is 39.0 Å². The van der Waals surface area contributed by atoms with E-state index in [4.69, 9.17) is 5.73 Å². The summed E-state index contributed by atoms with van der Waals surface area (Å²) in [6.07, 6.45) is 6.21. The topological polar surface area (TPSA) is 70.7 Å². The van der Waals surface area contributed by atoms with E-state index in [9.17, 15) is 4.79 Å². The zero-order chi connectivity index (χ0) is 13.7. The molecule has 3 N–H and O–H groups in total. The molecule has 1 heterocycles. The lowest BCUT2D eigenvalue weighted by Crippen LogP contribution is -2.41. The summed E-state index contributed by atoms with van der Waals surface area (Å²) < 4.78 is 0. The van der Waals surface area contributed by atoms with E-state index in [0.29, 0.717) is 11.9 Å². The number of nitrogens with two attached hydrogens (primary N) is 1. The minimum atomic E-state index is 0.171. The number of nitrogens with one attached hydrogen (secondary N) is 1. The Morgan fingerprint density at radius 1 is 1.32 bits per heavy atom. The number of hydrogen-bond donors (Lipinski definition) is 2. The quantitative estimate of drug-likeness (QED) is 0.588. The van der Waals surface area contributed by atoms with E-state index in [2.05, 4.69) is 10.3 Å². The van der Waals surface area contributed by atoms with E-state index in [1.165, 1.54) is 19.3 Å². The van der Waals surface area contributed by atoms with Gasteiger partial charge in [0, 0.05) is 33.1 Å². The van der Waals surface area contributed by atoms with Gasteiger partial charge in [0.15, 0.2) is 5.96 Å². The Balaban J connectivity index is 1.68. The zero-order valence-electron chi connectivity index (χ0n) is 11.9. The van der Waals surface area contributed by atoms with Crippen LogP contribution in [0.25, 0.3) is 0 Å². The van der Waals surface area contributed by atoms with Crippen LogP contribution in [0.15, 0.2) is 4.99 Å². The van der Waals surface area contributed by atoms with Gasteiger partial charge in [0.1, 0.15) is 0 Å². The maximum absolute atomic E-state index is 11.4. The van der Waals surface area contributed by atoms with Gasteiger partial charge in [0.25, 0.3) is 0 Å². The predicted molar refractivity (Wildman–Crippen MR) is 76.8 cm³/mol. The number of guanidine groups is 1. The fourth-order valence-corrected chi connectivity index (χ4v) is 2.73. The molecule has 2 fully saturated rings. The molecule has 1 saturated heterocycles. The summed E-state index contributed by atoms with van der Waals surface area (Å²) in [5.74, 6) is 1.98. The monoisotopic (exact) mass is 266 g/mol. The Kier molecular flexibility index (Phi) is 5.05. The molecule has 1 saturated carbocycles. The molecule has 1 aliphatic heterocycles. The fourth-order valence-electron chi connectivity index (χ4n) is 2.73. The molecule has 2 aliphatic rings. The molecular weight excluding hydrogens is 240 g/mol. The van der Waals surface area contributed by atoms with E-state index >= 15 is 0 Å². The third kappa shape index (κ3) is 4.40. The van der Waals surface area contributed by atoms with Crippen molar-refractivity contribution in [3.05, 3.63) is 0 Å². The smallest absolute Gasteiger partial charge is 0.219 e. The first-order valence-electron chi connectivity index (χ1n) is 7.44. The summed E-state index contributed by atoms with van der Waals surface area (Å²) in [6.45, 7) is 5.05. The average Bonchev–Trinajstić information content (AvgIpc) is 2.35. The summed E-state index contributed by atoms with van der Waals surface area (Å²) >= 11 is 0. The van der Waals surface area contributed by atoms with Crippen LogP contribution in [0.3, 0.4) is 0 Å². The van der Waals surface area contributed by atoms with Crippen LogP contribution in [0.5, 0.6) is 0 Å². The van der Waals surface area contributed by atoms with Crippen molar-refractivity contribution in [1.29, 1.82) is 0 Å². The molecule has 1 atom stereocenters. The van der Waals surface area contributed by atoms with E-state index in [-0.39, 0.29) is 5.91 Å². The normalized spacial score (nSPS) is 25.0. The van der Waals surface area contributed by atoms with E-state index in [0.717, 1.165) is 44.9 Å². The van der Waals surface area contributed by atoms with E-state index in [1.807, 2.05) is 4.90 Å². The highest BCUT2D eigenvalue weighted by Crippen LogP contribution is 2.25. The fraction of sp³-hybridized carbons (Fsp3) is 0.857. The minimum Gasteiger partial charge on any atom is -0.370 e. The number of carbonyl (C=O) groups is 1. The molecule has 2 rings (SSSR count). The lowest BCUT2D eigenvalue weighted by molar-refractivity contribution is -0.130. The summed E-state index contributed by atoms with van der Waals surface area (Å²) in [4.78, 5) is 17.7. The molecule has 1 unspecified atom stereocenters.